The molecule has 0 atom stereocenters. The normalized spacial score (nSPS) is 10.4. The van der Waals surface area contributed by atoms with Crippen LogP contribution in [0.2, 0.25) is 0 Å². The molecule has 5 heteroatoms. The second-order valence-electron chi connectivity index (χ2n) is 5.12. The summed E-state index contributed by atoms with van der Waals surface area (Å²) in [6.45, 7) is 6.23. The van der Waals surface area contributed by atoms with Crippen molar-refractivity contribution in [3.8, 4) is 11.8 Å². The molecule has 1 N–H and O–H groups in total. The van der Waals surface area contributed by atoms with Gasteiger partial charge >= 0.3 is 0 Å². The molecule has 0 aliphatic rings. The fourth-order valence-electron chi connectivity index (χ4n) is 1.97. The van der Waals surface area contributed by atoms with E-state index in [-0.39, 0.29) is 12.5 Å². The van der Waals surface area contributed by atoms with Gasteiger partial charge in [-0.15, -0.1) is 11.3 Å². The maximum Gasteiger partial charge on any atom is 0.263 e. The molecular weight excluding hydrogens is 284 g/mol. The maximum atomic E-state index is 12.5. The van der Waals surface area contributed by atoms with Crippen molar-refractivity contribution in [2.24, 2.45) is 0 Å². The van der Waals surface area contributed by atoms with E-state index in [1.54, 1.807) is 0 Å². The highest BCUT2D eigenvalue weighted by Crippen LogP contribution is 2.22. The third kappa shape index (κ3) is 5.50. The topological polar surface area (TPSA) is 43.8 Å². The summed E-state index contributed by atoms with van der Waals surface area (Å²) < 4.78 is 0. The first kappa shape index (κ1) is 17.7. The molecule has 0 aromatic carbocycles. The van der Waals surface area contributed by atoms with Crippen LogP contribution in [0.15, 0.2) is 6.07 Å². The highest BCUT2D eigenvalue weighted by Gasteiger charge is 2.17. The minimum atomic E-state index is -0.160. The van der Waals surface area contributed by atoms with Crippen LogP contribution in [-0.2, 0) is 0 Å². The lowest BCUT2D eigenvalue weighted by Gasteiger charge is -2.21. The predicted molar refractivity (Wildman–Crippen MR) is 87.8 cm³/mol. The summed E-state index contributed by atoms with van der Waals surface area (Å²) in [7, 11) is 4.07. The summed E-state index contributed by atoms with van der Waals surface area (Å²) in [5.74, 6) is 5.60. The van der Waals surface area contributed by atoms with E-state index in [4.69, 9.17) is 5.11 Å². The van der Waals surface area contributed by atoms with Crippen molar-refractivity contribution in [1.29, 1.82) is 0 Å². The average molecular weight is 308 g/mol. The van der Waals surface area contributed by atoms with E-state index < -0.39 is 0 Å². The number of carbonyl (C=O) groups excluding carboxylic acids is 1. The quantitative estimate of drug-likeness (QED) is 0.815. The van der Waals surface area contributed by atoms with Crippen LogP contribution >= 0.6 is 11.3 Å². The molecule has 0 saturated heterocycles. The first-order valence-corrected chi connectivity index (χ1v) is 7.95. The largest absolute Gasteiger partial charge is 0.384 e. The van der Waals surface area contributed by atoms with Gasteiger partial charge in [-0.2, -0.15) is 0 Å². The lowest BCUT2D eigenvalue weighted by Crippen LogP contribution is -2.32. The molecule has 116 valence electrons. The first-order chi connectivity index (χ1) is 9.99. The fraction of sp³-hybridized carbons (Fsp3) is 0.562. The molecule has 1 rings (SSSR count). The Morgan fingerprint density at radius 1 is 1.38 bits per heavy atom. The molecule has 0 unspecified atom stereocenters. The van der Waals surface area contributed by atoms with E-state index in [1.807, 2.05) is 38.9 Å². The van der Waals surface area contributed by atoms with Crippen molar-refractivity contribution in [3.05, 3.63) is 21.4 Å². The van der Waals surface area contributed by atoms with Crippen LogP contribution < -0.4 is 0 Å². The standard InChI is InChI=1S/C16H24N2O2S/c1-5-18(10-7-9-17(3)4)16(20)15-12-13(2)14(21-15)8-6-11-19/h12,19H,5,7,9-11H2,1-4H3. The van der Waals surface area contributed by atoms with Crippen molar-refractivity contribution >= 4 is 17.2 Å². The number of aliphatic hydroxyl groups is 1. The van der Waals surface area contributed by atoms with Crippen molar-refractivity contribution < 1.29 is 9.90 Å². The van der Waals surface area contributed by atoms with Crippen molar-refractivity contribution in [1.82, 2.24) is 9.80 Å². The van der Waals surface area contributed by atoms with Gasteiger partial charge in [-0.3, -0.25) is 4.79 Å². The van der Waals surface area contributed by atoms with Gasteiger partial charge in [0.1, 0.15) is 6.61 Å². The molecule has 1 aromatic rings. The molecule has 4 nitrogen and oxygen atoms in total. The predicted octanol–water partition coefficient (Wildman–Crippen LogP) is 1.81. The zero-order chi connectivity index (χ0) is 15.8. The van der Waals surface area contributed by atoms with Gasteiger partial charge in [-0.1, -0.05) is 11.8 Å². The minimum Gasteiger partial charge on any atom is -0.384 e. The van der Waals surface area contributed by atoms with E-state index >= 15 is 0 Å². The van der Waals surface area contributed by atoms with E-state index in [9.17, 15) is 4.79 Å². The zero-order valence-electron chi connectivity index (χ0n) is 13.3. The Balaban J connectivity index is 2.76. The Morgan fingerprint density at radius 3 is 2.67 bits per heavy atom. The molecule has 0 spiro atoms. The molecule has 1 heterocycles. The van der Waals surface area contributed by atoms with Crippen LogP contribution in [0.3, 0.4) is 0 Å². The number of nitrogens with zero attached hydrogens (tertiary/aromatic N) is 2. The number of carbonyl (C=O) groups is 1. The van der Waals surface area contributed by atoms with Gasteiger partial charge in [0.05, 0.1) is 9.75 Å². The molecule has 0 aliphatic heterocycles. The average Bonchev–Trinajstić information content (AvgIpc) is 2.81. The van der Waals surface area contributed by atoms with Crippen LogP contribution in [-0.4, -0.2) is 61.2 Å². The van der Waals surface area contributed by atoms with Gasteiger partial charge in [-0.05, 0) is 52.5 Å². The number of hydrogen-bond acceptors (Lipinski definition) is 4. The van der Waals surface area contributed by atoms with Gasteiger partial charge < -0.3 is 14.9 Å². The number of hydrogen-bond donors (Lipinski definition) is 1. The molecular formula is C16H24N2O2S. The number of aliphatic hydroxyl groups excluding tert-OH is 1. The SMILES string of the molecule is CCN(CCCN(C)C)C(=O)c1cc(C)c(C#CCO)s1. The van der Waals surface area contributed by atoms with Gasteiger partial charge in [0.2, 0.25) is 0 Å². The van der Waals surface area contributed by atoms with E-state index in [0.717, 1.165) is 34.8 Å². The summed E-state index contributed by atoms with van der Waals surface area (Å²) in [5.41, 5.74) is 0.994. The summed E-state index contributed by atoms with van der Waals surface area (Å²) in [5, 5.41) is 8.75. The zero-order valence-corrected chi connectivity index (χ0v) is 14.1. The van der Waals surface area contributed by atoms with E-state index in [0.29, 0.717) is 6.54 Å². The number of rotatable bonds is 6. The number of thiophene rings is 1. The van der Waals surface area contributed by atoms with Crippen molar-refractivity contribution in [2.45, 2.75) is 20.3 Å². The third-order valence-electron chi connectivity index (χ3n) is 3.11. The maximum absolute atomic E-state index is 12.5. The van der Waals surface area contributed by atoms with Crippen molar-refractivity contribution in [3.63, 3.8) is 0 Å². The van der Waals surface area contributed by atoms with E-state index in [2.05, 4.69) is 16.7 Å². The molecule has 0 saturated carbocycles. The Morgan fingerprint density at radius 2 is 2.10 bits per heavy atom. The Kier molecular flexibility index (Phi) is 7.44. The van der Waals surface area contributed by atoms with Crippen LogP contribution in [0.25, 0.3) is 0 Å². The van der Waals surface area contributed by atoms with Gasteiger partial charge in [0, 0.05) is 13.1 Å². The third-order valence-corrected chi connectivity index (χ3v) is 4.25. The monoisotopic (exact) mass is 308 g/mol. The van der Waals surface area contributed by atoms with Crippen LogP contribution in [0.5, 0.6) is 0 Å². The summed E-state index contributed by atoms with van der Waals surface area (Å²) in [6, 6.07) is 1.89. The summed E-state index contributed by atoms with van der Waals surface area (Å²) >= 11 is 1.40. The number of amides is 1. The van der Waals surface area contributed by atoms with Crippen LogP contribution in [0, 0.1) is 18.8 Å². The van der Waals surface area contributed by atoms with Crippen LogP contribution in [0.1, 0.15) is 33.5 Å². The lowest BCUT2D eigenvalue weighted by atomic mass is 10.2. The highest BCUT2D eigenvalue weighted by molar-refractivity contribution is 7.14. The van der Waals surface area contributed by atoms with Crippen molar-refractivity contribution in [2.75, 3.05) is 40.3 Å². The Labute approximate surface area is 131 Å². The summed E-state index contributed by atoms with van der Waals surface area (Å²) in [4.78, 5) is 18.1. The molecule has 21 heavy (non-hydrogen) atoms. The second-order valence-corrected chi connectivity index (χ2v) is 6.18. The molecule has 0 bridgehead atoms. The second kappa shape index (κ2) is 8.83. The van der Waals surface area contributed by atoms with Gasteiger partial charge in [0.15, 0.2) is 0 Å². The molecule has 0 aliphatic carbocycles. The van der Waals surface area contributed by atoms with Gasteiger partial charge in [0.25, 0.3) is 5.91 Å². The molecule has 1 aromatic heterocycles. The lowest BCUT2D eigenvalue weighted by molar-refractivity contribution is 0.0764. The van der Waals surface area contributed by atoms with Crippen LogP contribution in [0.4, 0.5) is 0 Å². The molecule has 0 radical (unpaired) electrons. The Hall–Kier alpha value is -1.35. The highest BCUT2D eigenvalue weighted by atomic mass is 32.1. The smallest absolute Gasteiger partial charge is 0.263 e. The first-order valence-electron chi connectivity index (χ1n) is 7.13. The number of aryl methyl sites for hydroxylation is 1. The Bertz CT molecular complexity index is 526. The molecule has 1 amide bonds. The van der Waals surface area contributed by atoms with Gasteiger partial charge in [-0.25, -0.2) is 0 Å². The van der Waals surface area contributed by atoms with E-state index in [1.165, 1.54) is 11.3 Å². The summed E-state index contributed by atoms with van der Waals surface area (Å²) in [6.07, 6.45) is 0.966. The minimum absolute atomic E-state index is 0.0707. The molecule has 0 fully saturated rings. The fourth-order valence-corrected chi connectivity index (χ4v) is 2.98.